The standard InChI is InChI=1S/C11H10BNO7/c14-9-5-6-10(15)13(9)20-11(16)7-1-3-8(4-2-7)19-12(17)18/h1-4,17-18H,5-6H2. The Labute approximate surface area is 113 Å². The number of imide groups is 1. The van der Waals surface area contributed by atoms with E-state index in [1.807, 2.05) is 0 Å². The maximum atomic E-state index is 11.7. The highest BCUT2D eigenvalue weighted by Gasteiger charge is 2.33. The maximum absolute atomic E-state index is 11.7. The minimum atomic E-state index is -1.97. The number of hydrogen-bond acceptors (Lipinski definition) is 7. The Morgan fingerprint density at radius 2 is 1.65 bits per heavy atom. The van der Waals surface area contributed by atoms with Gasteiger partial charge >= 0.3 is 13.3 Å². The van der Waals surface area contributed by atoms with E-state index in [9.17, 15) is 14.4 Å². The lowest BCUT2D eigenvalue weighted by Crippen LogP contribution is -2.32. The number of hydrogen-bond donors (Lipinski definition) is 2. The molecule has 104 valence electrons. The molecular weight excluding hydrogens is 269 g/mol. The van der Waals surface area contributed by atoms with Gasteiger partial charge in [0, 0.05) is 12.8 Å². The first-order valence-corrected chi connectivity index (χ1v) is 5.68. The molecule has 0 radical (unpaired) electrons. The van der Waals surface area contributed by atoms with Gasteiger partial charge in [-0.05, 0) is 24.3 Å². The van der Waals surface area contributed by atoms with Crippen LogP contribution in [0.5, 0.6) is 5.75 Å². The predicted molar refractivity (Wildman–Crippen MR) is 63.8 cm³/mol. The van der Waals surface area contributed by atoms with Crippen molar-refractivity contribution in [2.45, 2.75) is 12.8 Å². The van der Waals surface area contributed by atoms with Gasteiger partial charge in [0.25, 0.3) is 11.8 Å². The predicted octanol–water partition coefficient (Wildman–Crippen LogP) is -0.744. The zero-order valence-electron chi connectivity index (χ0n) is 10.2. The lowest BCUT2D eigenvalue weighted by Gasteiger charge is -2.12. The van der Waals surface area contributed by atoms with Crippen LogP contribution in [0.1, 0.15) is 23.2 Å². The average Bonchev–Trinajstić information content (AvgIpc) is 2.70. The molecule has 0 bridgehead atoms. The molecule has 0 atom stereocenters. The molecule has 1 aromatic carbocycles. The Hall–Kier alpha value is -2.39. The third-order valence-electron chi connectivity index (χ3n) is 2.51. The summed E-state index contributed by atoms with van der Waals surface area (Å²) in [5, 5.41) is 17.6. The number of rotatable bonds is 4. The molecule has 0 saturated carbocycles. The first-order valence-electron chi connectivity index (χ1n) is 5.68. The van der Waals surface area contributed by atoms with Crippen molar-refractivity contribution in [3.63, 3.8) is 0 Å². The number of carbonyl (C=O) groups excluding carboxylic acids is 3. The van der Waals surface area contributed by atoms with E-state index < -0.39 is 25.1 Å². The fourth-order valence-corrected chi connectivity index (χ4v) is 1.58. The highest BCUT2D eigenvalue weighted by Crippen LogP contribution is 2.16. The number of carbonyl (C=O) groups is 3. The van der Waals surface area contributed by atoms with Crippen molar-refractivity contribution in [3.05, 3.63) is 29.8 Å². The minimum Gasteiger partial charge on any atom is -0.512 e. The van der Waals surface area contributed by atoms with Gasteiger partial charge in [0.1, 0.15) is 5.75 Å². The van der Waals surface area contributed by atoms with Gasteiger partial charge in [0.05, 0.1) is 5.56 Å². The molecule has 1 heterocycles. The molecule has 20 heavy (non-hydrogen) atoms. The Balaban J connectivity index is 2.02. The topological polar surface area (TPSA) is 113 Å². The molecule has 1 fully saturated rings. The molecule has 2 N–H and O–H groups in total. The van der Waals surface area contributed by atoms with Gasteiger partial charge in [-0.25, -0.2) is 4.79 Å². The van der Waals surface area contributed by atoms with E-state index in [1.165, 1.54) is 24.3 Å². The summed E-state index contributed by atoms with van der Waals surface area (Å²) in [7, 11) is -1.97. The summed E-state index contributed by atoms with van der Waals surface area (Å²) < 4.78 is 4.56. The van der Waals surface area contributed by atoms with E-state index in [0.717, 1.165) is 0 Å². The molecular formula is C11H10BNO7. The molecule has 2 rings (SSSR count). The maximum Gasteiger partial charge on any atom is 0.707 e. The first-order chi connectivity index (χ1) is 9.47. The summed E-state index contributed by atoms with van der Waals surface area (Å²) >= 11 is 0. The van der Waals surface area contributed by atoms with Crippen LogP contribution < -0.4 is 4.65 Å². The Kier molecular flexibility index (Phi) is 4.01. The summed E-state index contributed by atoms with van der Waals surface area (Å²) in [5.74, 6) is -1.87. The van der Waals surface area contributed by atoms with E-state index >= 15 is 0 Å². The van der Waals surface area contributed by atoms with Crippen LogP contribution in [0.15, 0.2) is 24.3 Å². The van der Waals surface area contributed by atoms with Crippen LogP contribution in [-0.4, -0.2) is 40.2 Å². The van der Waals surface area contributed by atoms with E-state index in [2.05, 4.69) is 4.65 Å². The minimum absolute atomic E-state index is 0.0211. The molecule has 0 aliphatic carbocycles. The van der Waals surface area contributed by atoms with Gasteiger partial charge in [-0.2, -0.15) is 0 Å². The summed E-state index contributed by atoms with van der Waals surface area (Å²) in [5.41, 5.74) is 0.0808. The van der Waals surface area contributed by atoms with Crippen LogP contribution in [0.25, 0.3) is 0 Å². The number of benzene rings is 1. The molecule has 1 aliphatic rings. The van der Waals surface area contributed by atoms with Gasteiger partial charge in [0.15, 0.2) is 0 Å². The molecule has 0 unspecified atom stereocenters. The smallest absolute Gasteiger partial charge is 0.512 e. The monoisotopic (exact) mass is 279 g/mol. The van der Waals surface area contributed by atoms with E-state index in [4.69, 9.17) is 14.9 Å². The van der Waals surface area contributed by atoms with Gasteiger partial charge in [-0.3, -0.25) is 9.59 Å². The van der Waals surface area contributed by atoms with E-state index in [0.29, 0.717) is 5.06 Å². The molecule has 0 aromatic heterocycles. The lowest BCUT2D eigenvalue weighted by molar-refractivity contribution is -0.172. The zero-order chi connectivity index (χ0) is 14.7. The lowest BCUT2D eigenvalue weighted by atomic mass is 10.2. The molecule has 2 amide bonds. The summed E-state index contributed by atoms with van der Waals surface area (Å²) in [6.07, 6.45) is 0.0422. The van der Waals surface area contributed by atoms with Crippen LogP contribution in [-0.2, 0) is 14.4 Å². The first kappa shape index (κ1) is 14.0. The highest BCUT2D eigenvalue weighted by atomic mass is 16.7. The van der Waals surface area contributed by atoms with Crippen LogP contribution in [0, 0.1) is 0 Å². The molecule has 1 aliphatic heterocycles. The molecule has 0 spiro atoms. The van der Waals surface area contributed by atoms with Crippen molar-refractivity contribution in [1.29, 1.82) is 0 Å². The highest BCUT2D eigenvalue weighted by molar-refractivity contribution is 6.33. The quantitative estimate of drug-likeness (QED) is 0.551. The molecule has 1 saturated heterocycles. The molecule has 1 aromatic rings. The molecule has 9 heteroatoms. The third kappa shape index (κ3) is 3.14. The van der Waals surface area contributed by atoms with Gasteiger partial charge in [-0.1, -0.05) is 0 Å². The van der Waals surface area contributed by atoms with Crippen LogP contribution in [0.4, 0.5) is 0 Å². The van der Waals surface area contributed by atoms with Gasteiger partial charge in [-0.15, -0.1) is 5.06 Å². The molecule has 8 nitrogen and oxygen atoms in total. The SMILES string of the molecule is O=C(ON1C(=O)CCC1=O)c1ccc(OB(O)O)cc1. The third-order valence-corrected chi connectivity index (χ3v) is 2.51. The number of hydroxylamine groups is 2. The van der Waals surface area contributed by atoms with Crippen molar-refractivity contribution in [2.24, 2.45) is 0 Å². The fourth-order valence-electron chi connectivity index (χ4n) is 1.58. The second-order valence-electron chi connectivity index (χ2n) is 3.93. The average molecular weight is 279 g/mol. The second-order valence-corrected chi connectivity index (χ2v) is 3.93. The number of nitrogens with zero attached hydrogens (tertiary/aromatic N) is 1. The number of amides is 2. The summed E-state index contributed by atoms with van der Waals surface area (Å²) in [6, 6.07) is 5.21. The van der Waals surface area contributed by atoms with Crippen LogP contribution in [0.2, 0.25) is 0 Å². The fraction of sp³-hybridized carbons (Fsp3) is 0.182. The zero-order valence-corrected chi connectivity index (χ0v) is 10.2. The van der Waals surface area contributed by atoms with Crippen molar-refractivity contribution in [1.82, 2.24) is 5.06 Å². The Morgan fingerprint density at radius 3 is 2.15 bits per heavy atom. The van der Waals surface area contributed by atoms with Crippen LogP contribution >= 0.6 is 0 Å². The normalized spacial score (nSPS) is 14.4. The van der Waals surface area contributed by atoms with Crippen molar-refractivity contribution >= 4 is 25.1 Å². The second kappa shape index (κ2) is 5.72. The summed E-state index contributed by atoms with van der Waals surface area (Å²) in [4.78, 5) is 39.0. The Morgan fingerprint density at radius 1 is 1.10 bits per heavy atom. The van der Waals surface area contributed by atoms with E-state index in [-0.39, 0.29) is 24.2 Å². The Bertz CT molecular complexity index is 526. The van der Waals surface area contributed by atoms with Crippen molar-refractivity contribution < 1.29 is 33.9 Å². The van der Waals surface area contributed by atoms with Gasteiger partial charge in [0.2, 0.25) is 0 Å². The van der Waals surface area contributed by atoms with Crippen molar-refractivity contribution in [2.75, 3.05) is 0 Å². The van der Waals surface area contributed by atoms with Crippen molar-refractivity contribution in [3.8, 4) is 5.75 Å². The summed E-state index contributed by atoms with van der Waals surface area (Å²) in [6.45, 7) is 0. The van der Waals surface area contributed by atoms with Crippen LogP contribution in [0.3, 0.4) is 0 Å². The largest absolute Gasteiger partial charge is 0.707 e. The van der Waals surface area contributed by atoms with E-state index in [1.54, 1.807) is 0 Å². The van der Waals surface area contributed by atoms with Gasteiger partial charge < -0.3 is 19.5 Å².